The Morgan fingerprint density at radius 1 is 0.865 bits per heavy atom. The predicted molar refractivity (Wildman–Crippen MR) is 149 cm³/mol. The van der Waals surface area contributed by atoms with Crippen molar-refractivity contribution in [2.24, 2.45) is 0 Å². The van der Waals surface area contributed by atoms with Crippen LogP contribution in [0.15, 0.2) is 77.3 Å². The standard InChI is InChI=1S/C28H27BrN4O4/c1-3-4-5-18-6-9-21(10-7-18)31-27(35)28(36)32-33-24-15-8-20(29)16-19(24)17-25(33)26(34)30-22-11-13-23(37-2)14-12-22/h6-17H,3-5H2,1-2H3,(H,30,34)(H,31,35)(H,32,36). The largest absolute Gasteiger partial charge is 0.497 e. The molecule has 1 aromatic heterocycles. The van der Waals surface area contributed by atoms with Crippen LogP contribution in [0.3, 0.4) is 0 Å². The van der Waals surface area contributed by atoms with Crippen LogP contribution >= 0.6 is 15.9 Å². The SMILES string of the molecule is CCCCc1ccc(NC(=O)C(=O)Nn2c(C(=O)Nc3ccc(OC)cc3)cc3cc(Br)ccc32)cc1. The van der Waals surface area contributed by atoms with Crippen molar-refractivity contribution >= 4 is 55.9 Å². The average Bonchev–Trinajstić information content (AvgIpc) is 3.25. The van der Waals surface area contributed by atoms with Crippen LogP contribution < -0.4 is 20.8 Å². The predicted octanol–water partition coefficient (Wildman–Crippen LogP) is 5.72. The molecule has 0 aliphatic carbocycles. The van der Waals surface area contributed by atoms with E-state index in [0.29, 0.717) is 28.0 Å². The van der Waals surface area contributed by atoms with E-state index in [9.17, 15) is 14.4 Å². The number of ether oxygens (including phenoxy) is 1. The van der Waals surface area contributed by atoms with Gasteiger partial charge >= 0.3 is 11.8 Å². The Morgan fingerprint density at radius 2 is 1.54 bits per heavy atom. The van der Waals surface area contributed by atoms with Crippen molar-refractivity contribution < 1.29 is 19.1 Å². The topological polar surface area (TPSA) is 101 Å². The number of benzene rings is 3. The lowest BCUT2D eigenvalue weighted by atomic mass is 10.1. The number of nitrogens with one attached hydrogen (secondary N) is 3. The summed E-state index contributed by atoms with van der Waals surface area (Å²) in [7, 11) is 1.56. The van der Waals surface area contributed by atoms with Gasteiger partial charge in [0.2, 0.25) is 0 Å². The minimum absolute atomic E-state index is 0.158. The lowest BCUT2D eigenvalue weighted by Gasteiger charge is -2.13. The molecule has 190 valence electrons. The molecule has 8 nitrogen and oxygen atoms in total. The van der Waals surface area contributed by atoms with Gasteiger partial charge < -0.3 is 15.4 Å². The second-order valence-electron chi connectivity index (χ2n) is 8.45. The van der Waals surface area contributed by atoms with Crippen LogP contribution in [0.25, 0.3) is 10.9 Å². The monoisotopic (exact) mass is 562 g/mol. The number of hydrogen-bond acceptors (Lipinski definition) is 4. The fourth-order valence-electron chi connectivity index (χ4n) is 3.82. The molecule has 0 aliphatic rings. The fraction of sp³-hybridized carbons (Fsp3) is 0.179. The third-order valence-electron chi connectivity index (χ3n) is 5.79. The molecular formula is C28H27BrN4O4. The van der Waals surface area contributed by atoms with Crippen LogP contribution in [0.4, 0.5) is 11.4 Å². The quantitative estimate of drug-likeness (QED) is 0.239. The molecule has 9 heteroatoms. The zero-order valence-corrected chi connectivity index (χ0v) is 22.1. The number of anilines is 2. The summed E-state index contributed by atoms with van der Waals surface area (Å²) in [5.74, 6) is -1.55. The van der Waals surface area contributed by atoms with Crippen molar-refractivity contribution in [2.75, 3.05) is 23.2 Å². The van der Waals surface area contributed by atoms with Gasteiger partial charge in [-0.05, 0) is 79.1 Å². The fourth-order valence-corrected chi connectivity index (χ4v) is 4.20. The normalized spacial score (nSPS) is 10.7. The molecule has 3 aromatic carbocycles. The second-order valence-corrected chi connectivity index (χ2v) is 9.36. The minimum atomic E-state index is -0.908. The Morgan fingerprint density at radius 3 is 2.22 bits per heavy atom. The van der Waals surface area contributed by atoms with Crippen LogP contribution in [0.2, 0.25) is 0 Å². The number of carbonyl (C=O) groups excluding carboxylic acids is 3. The third-order valence-corrected chi connectivity index (χ3v) is 6.29. The Balaban J connectivity index is 1.53. The highest BCUT2D eigenvalue weighted by atomic mass is 79.9. The highest BCUT2D eigenvalue weighted by molar-refractivity contribution is 9.10. The van der Waals surface area contributed by atoms with E-state index in [4.69, 9.17) is 4.74 Å². The number of unbranched alkanes of at least 4 members (excludes halogenated alkanes) is 1. The first-order valence-corrected chi connectivity index (χ1v) is 12.6. The summed E-state index contributed by atoms with van der Waals surface area (Å²) in [6, 6.07) is 21.3. The van der Waals surface area contributed by atoms with Gasteiger partial charge in [0.05, 0.1) is 12.6 Å². The van der Waals surface area contributed by atoms with Crippen LogP contribution in [0.1, 0.15) is 35.8 Å². The van der Waals surface area contributed by atoms with E-state index in [1.165, 1.54) is 10.2 Å². The highest BCUT2D eigenvalue weighted by Crippen LogP contribution is 2.24. The molecule has 0 fully saturated rings. The summed E-state index contributed by atoms with van der Waals surface area (Å²) in [4.78, 5) is 38.7. The minimum Gasteiger partial charge on any atom is -0.497 e. The summed E-state index contributed by atoms with van der Waals surface area (Å²) in [5.41, 5.74) is 5.52. The van der Waals surface area contributed by atoms with E-state index in [0.717, 1.165) is 23.7 Å². The summed E-state index contributed by atoms with van der Waals surface area (Å²) in [6.07, 6.45) is 3.15. The van der Waals surface area contributed by atoms with Crippen LogP contribution in [-0.2, 0) is 16.0 Å². The first-order valence-electron chi connectivity index (χ1n) is 11.9. The van der Waals surface area contributed by atoms with Gasteiger partial charge in [-0.3, -0.25) is 19.8 Å². The number of rotatable bonds is 8. The molecule has 0 saturated heterocycles. The maximum absolute atomic E-state index is 13.2. The molecule has 0 spiro atoms. The average molecular weight is 563 g/mol. The maximum Gasteiger partial charge on any atom is 0.328 e. The Hall–Kier alpha value is -4.11. The van der Waals surface area contributed by atoms with Crippen molar-refractivity contribution in [1.29, 1.82) is 0 Å². The Bertz CT molecular complexity index is 1430. The molecule has 0 unspecified atom stereocenters. The van der Waals surface area contributed by atoms with E-state index in [2.05, 4.69) is 38.9 Å². The number of fused-ring (bicyclic) bond motifs is 1. The molecule has 0 radical (unpaired) electrons. The molecular weight excluding hydrogens is 536 g/mol. The zero-order chi connectivity index (χ0) is 26.4. The van der Waals surface area contributed by atoms with Gasteiger partial charge in [0.1, 0.15) is 11.4 Å². The van der Waals surface area contributed by atoms with Crippen LogP contribution in [-0.4, -0.2) is 29.5 Å². The van der Waals surface area contributed by atoms with E-state index in [-0.39, 0.29) is 5.69 Å². The Kier molecular flexibility index (Phi) is 8.25. The van der Waals surface area contributed by atoms with Gasteiger partial charge in [0, 0.05) is 21.2 Å². The number of nitrogens with zero attached hydrogens (tertiary/aromatic N) is 1. The molecule has 0 saturated carbocycles. The molecule has 4 rings (SSSR count). The number of amides is 3. The smallest absolute Gasteiger partial charge is 0.328 e. The van der Waals surface area contributed by atoms with Gasteiger partial charge in [0.25, 0.3) is 5.91 Å². The first-order chi connectivity index (χ1) is 17.9. The summed E-state index contributed by atoms with van der Waals surface area (Å²) in [5, 5.41) is 6.12. The van der Waals surface area contributed by atoms with Crippen molar-refractivity contribution in [1.82, 2.24) is 4.68 Å². The van der Waals surface area contributed by atoms with Gasteiger partial charge in [-0.2, -0.15) is 0 Å². The van der Waals surface area contributed by atoms with Crippen LogP contribution in [0.5, 0.6) is 5.75 Å². The van der Waals surface area contributed by atoms with E-state index >= 15 is 0 Å². The number of methoxy groups -OCH3 is 1. The molecule has 3 amide bonds. The van der Waals surface area contributed by atoms with Crippen LogP contribution in [0, 0.1) is 0 Å². The number of carbonyl (C=O) groups is 3. The Labute approximate surface area is 223 Å². The maximum atomic E-state index is 13.2. The summed E-state index contributed by atoms with van der Waals surface area (Å²) < 4.78 is 7.28. The van der Waals surface area contributed by atoms with Gasteiger partial charge in [-0.1, -0.05) is 41.4 Å². The number of halogens is 1. The second kappa shape index (κ2) is 11.7. The molecule has 0 bridgehead atoms. The molecule has 0 atom stereocenters. The van der Waals surface area contributed by atoms with Crippen molar-refractivity contribution in [2.45, 2.75) is 26.2 Å². The van der Waals surface area contributed by atoms with Crippen molar-refractivity contribution in [3.05, 3.63) is 88.5 Å². The first kappa shape index (κ1) is 26.0. The molecule has 37 heavy (non-hydrogen) atoms. The molecule has 3 N–H and O–H groups in total. The molecule has 4 aromatic rings. The van der Waals surface area contributed by atoms with Crippen molar-refractivity contribution in [3.8, 4) is 5.75 Å². The van der Waals surface area contributed by atoms with Gasteiger partial charge in [-0.25, -0.2) is 4.68 Å². The van der Waals surface area contributed by atoms with E-state index in [1.807, 2.05) is 18.2 Å². The lowest BCUT2D eigenvalue weighted by molar-refractivity contribution is -0.133. The van der Waals surface area contributed by atoms with E-state index < -0.39 is 17.7 Å². The third kappa shape index (κ3) is 6.37. The molecule has 1 heterocycles. The summed E-state index contributed by atoms with van der Waals surface area (Å²) in [6.45, 7) is 2.13. The molecule has 0 aliphatic heterocycles. The highest BCUT2D eigenvalue weighted by Gasteiger charge is 2.21. The summed E-state index contributed by atoms with van der Waals surface area (Å²) >= 11 is 3.43. The zero-order valence-electron chi connectivity index (χ0n) is 20.5. The van der Waals surface area contributed by atoms with E-state index in [1.54, 1.807) is 61.7 Å². The lowest BCUT2D eigenvalue weighted by Crippen LogP contribution is -2.36. The van der Waals surface area contributed by atoms with Crippen molar-refractivity contribution in [3.63, 3.8) is 0 Å². The number of hydrogen-bond donors (Lipinski definition) is 3. The van der Waals surface area contributed by atoms with Gasteiger partial charge in [0.15, 0.2) is 0 Å². The number of aryl methyl sites for hydroxylation is 1. The van der Waals surface area contributed by atoms with Gasteiger partial charge in [-0.15, -0.1) is 0 Å². The number of aromatic nitrogens is 1.